The lowest BCUT2D eigenvalue weighted by atomic mass is 10.2. The molecular formula is C15H15N3O2. The molecule has 0 atom stereocenters. The van der Waals surface area contributed by atoms with Crippen molar-refractivity contribution in [1.29, 1.82) is 5.41 Å². The Labute approximate surface area is 117 Å². The fourth-order valence-corrected chi connectivity index (χ4v) is 1.65. The molecule has 0 bridgehead atoms. The van der Waals surface area contributed by atoms with Crippen LogP contribution in [0.25, 0.3) is 0 Å². The van der Waals surface area contributed by atoms with E-state index in [4.69, 9.17) is 15.9 Å². The number of anilines is 1. The van der Waals surface area contributed by atoms with Gasteiger partial charge in [-0.2, -0.15) is 0 Å². The van der Waals surface area contributed by atoms with E-state index in [1.54, 1.807) is 55.6 Å². The third kappa shape index (κ3) is 3.14. The summed E-state index contributed by atoms with van der Waals surface area (Å²) in [6.07, 6.45) is -0.503. The van der Waals surface area contributed by atoms with Gasteiger partial charge in [-0.1, -0.05) is 30.3 Å². The average molecular weight is 269 g/mol. The highest BCUT2D eigenvalue weighted by Crippen LogP contribution is 2.17. The summed E-state index contributed by atoms with van der Waals surface area (Å²) in [6, 6.07) is 15.7. The summed E-state index contributed by atoms with van der Waals surface area (Å²) in [7, 11) is 1.60. The number of hydrogen-bond donors (Lipinski definition) is 2. The minimum atomic E-state index is -0.503. The highest BCUT2D eigenvalue weighted by Gasteiger charge is 2.13. The molecule has 102 valence electrons. The number of hydrogen-bond acceptors (Lipinski definition) is 3. The number of nitrogens with one attached hydrogen (secondary N) is 1. The first-order chi connectivity index (χ1) is 9.58. The number of nitrogen functional groups attached to an aromatic ring is 1. The quantitative estimate of drug-likeness (QED) is 0.664. The Balaban J connectivity index is 2.14. The van der Waals surface area contributed by atoms with Crippen LogP contribution in [-0.4, -0.2) is 19.0 Å². The highest BCUT2D eigenvalue weighted by molar-refractivity contribution is 5.97. The first-order valence-electron chi connectivity index (χ1n) is 6.03. The number of nitrogens with zero attached hydrogens (tertiary/aromatic N) is 1. The van der Waals surface area contributed by atoms with Crippen molar-refractivity contribution in [2.75, 3.05) is 11.9 Å². The fraction of sp³-hybridized carbons (Fsp3) is 0.0667. The molecule has 0 radical (unpaired) electrons. The van der Waals surface area contributed by atoms with Crippen molar-refractivity contribution in [3.63, 3.8) is 0 Å². The van der Waals surface area contributed by atoms with Gasteiger partial charge in [0.25, 0.3) is 0 Å². The van der Waals surface area contributed by atoms with Crippen LogP contribution < -0.4 is 15.4 Å². The van der Waals surface area contributed by atoms with E-state index in [0.29, 0.717) is 17.0 Å². The zero-order chi connectivity index (χ0) is 14.5. The molecule has 0 unspecified atom stereocenters. The molecule has 0 fully saturated rings. The summed E-state index contributed by atoms with van der Waals surface area (Å²) in [6.45, 7) is 0. The fourth-order valence-electron chi connectivity index (χ4n) is 1.65. The van der Waals surface area contributed by atoms with Gasteiger partial charge in [-0.15, -0.1) is 0 Å². The van der Waals surface area contributed by atoms with E-state index in [-0.39, 0.29) is 5.84 Å². The lowest BCUT2D eigenvalue weighted by Crippen LogP contribution is -2.29. The molecule has 2 rings (SSSR count). The number of benzene rings is 2. The zero-order valence-corrected chi connectivity index (χ0v) is 11.0. The Morgan fingerprint density at radius 1 is 1.15 bits per heavy atom. The molecule has 3 N–H and O–H groups in total. The Morgan fingerprint density at radius 3 is 2.50 bits per heavy atom. The van der Waals surface area contributed by atoms with Gasteiger partial charge in [0.15, 0.2) is 0 Å². The van der Waals surface area contributed by atoms with Gasteiger partial charge >= 0.3 is 6.09 Å². The normalized spacial score (nSPS) is 9.85. The van der Waals surface area contributed by atoms with Crippen LogP contribution in [0.4, 0.5) is 10.5 Å². The maximum absolute atomic E-state index is 12.0. The van der Waals surface area contributed by atoms with Gasteiger partial charge in [-0.3, -0.25) is 10.3 Å². The van der Waals surface area contributed by atoms with Crippen LogP contribution in [0.2, 0.25) is 0 Å². The van der Waals surface area contributed by atoms with Gasteiger partial charge in [-0.25, -0.2) is 4.79 Å². The smallest absolute Gasteiger partial charge is 0.410 e. The molecule has 5 heteroatoms. The minimum Gasteiger partial charge on any atom is -0.410 e. The molecule has 0 saturated carbocycles. The Kier molecular flexibility index (Phi) is 4.00. The summed E-state index contributed by atoms with van der Waals surface area (Å²) in [5, 5.41) is 7.40. The molecule has 0 aliphatic rings. The molecular weight excluding hydrogens is 254 g/mol. The van der Waals surface area contributed by atoms with E-state index in [1.807, 2.05) is 6.07 Å². The van der Waals surface area contributed by atoms with Crippen LogP contribution in [-0.2, 0) is 0 Å². The molecule has 0 aliphatic heterocycles. The van der Waals surface area contributed by atoms with Gasteiger partial charge in [0, 0.05) is 18.3 Å². The number of amidine groups is 1. The van der Waals surface area contributed by atoms with Crippen LogP contribution in [0.3, 0.4) is 0 Å². The van der Waals surface area contributed by atoms with Crippen molar-refractivity contribution in [3.8, 4) is 5.75 Å². The maximum Gasteiger partial charge on any atom is 0.419 e. The zero-order valence-electron chi connectivity index (χ0n) is 11.0. The van der Waals surface area contributed by atoms with Gasteiger partial charge in [0.2, 0.25) is 0 Å². The van der Waals surface area contributed by atoms with Crippen LogP contribution in [0.15, 0.2) is 54.6 Å². The lowest BCUT2D eigenvalue weighted by Gasteiger charge is -2.17. The van der Waals surface area contributed by atoms with Crippen molar-refractivity contribution >= 4 is 17.6 Å². The number of rotatable bonds is 3. The topological polar surface area (TPSA) is 79.4 Å². The van der Waals surface area contributed by atoms with Crippen molar-refractivity contribution < 1.29 is 9.53 Å². The second-order valence-corrected chi connectivity index (χ2v) is 4.20. The summed E-state index contributed by atoms with van der Waals surface area (Å²) >= 11 is 0. The van der Waals surface area contributed by atoms with Crippen LogP contribution >= 0.6 is 0 Å². The largest absolute Gasteiger partial charge is 0.419 e. The summed E-state index contributed by atoms with van der Waals surface area (Å²) in [5.74, 6) is 0.434. The second kappa shape index (κ2) is 5.88. The van der Waals surface area contributed by atoms with E-state index in [9.17, 15) is 4.79 Å². The second-order valence-electron chi connectivity index (χ2n) is 4.20. The summed E-state index contributed by atoms with van der Waals surface area (Å²) in [5.41, 5.74) is 6.60. The minimum absolute atomic E-state index is 0.0447. The molecule has 20 heavy (non-hydrogen) atoms. The number of para-hydroxylation sites is 1. The molecule has 0 heterocycles. The molecule has 2 aromatic rings. The van der Waals surface area contributed by atoms with Gasteiger partial charge < -0.3 is 10.5 Å². The Bertz CT molecular complexity index is 626. The van der Waals surface area contributed by atoms with E-state index in [1.165, 1.54) is 4.90 Å². The summed E-state index contributed by atoms with van der Waals surface area (Å²) < 4.78 is 5.23. The molecule has 5 nitrogen and oxygen atoms in total. The van der Waals surface area contributed by atoms with E-state index < -0.39 is 6.09 Å². The van der Waals surface area contributed by atoms with Gasteiger partial charge in [0.1, 0.15) is 11.6 Å². The predicted molar refractivity (Wildman–Crippen MR) is 78.3 cm³/mol. The number of amides is 1. The first kappa shape index (κ1) is 13.6. The number of carbonyl (C=O) groups is 1. The monoisotopic (exact) mass is 269 g/mol. The van der Waals surface area contributed by atoms with E-state index in [0.717, 1.165) is 0 Å². The maximum atomic E-state index is 12.0. The van der Waals surface area contributed by atoms with Crippen LogP contribution in [0.1, 0.15) is 5.56 Å². The molecule has 1 amide bonds. The Morgan fingerprint density at radius 2 is 1.85 bits per heavy atom. The summed E-state index contributed by atoms with van der Waals surface area (Å²) in [4.78, 5) is 13.4. The number of nitrogens with two attached hydrogens (primary N) is 1. The molecule has 0 spiro atoms. The van der Waals surface area contributed by atoms with Crippen molar-refractivity contribution in [1.82, 2.24) is 0 Å². The highest BCUT2D eigenvalue weighted by atomic mass is 16.6. The predicted octanol–water partition coefficient (Wildman–Crippen LogP) is 2.61. The molecule has 2 aromatic carbocycles. The first-order valence-corrected chi connectivity index (χ1v) is 6.03. The lowest BCUT2D eigenvalue weighted by molar-refractivity contribution is 0.209. The number of ether oxygens (including phenoxy) is 1. The number of carbonyl (C=O) groups excluding carboxylic acids is 1. The van der Waals surface area contributed by atoms with Gasteiger partial charge in [0.05, 0.1) is 0 Å². The third-order valence-corrected chi connectivity index (χ3v) is 2.77. The molecule has 0 aliphatic carbocycles. The van der Waals surface area contributed by atoms with Crippen LogP contribution in [0.5, 0.6) is 5.75 Å². The SMILES string of the molecule is CN(C(=O)Oc1ccccc1)c1cccc(C(=N)N)c1. The van der Waals surface area contributed by atoms with E-state index in [2.05, 4.69) is 0 Å². The van der Waals surface area contributed by atoms with Gasteiger partial charge in [-0.05, 0) is 24.3 Å². The van der Waals surface area contributed by atoms with Crippen molar-refractivity contribution in [3.05, 3.63) is 60.2 Å². The van der Waals surface area contributed by atoms with Crippen LogP contribution in [0, 0.1) is 5.41 Å². The van der Waals surface area contributed by atoms with Crippen molar-refractivity contribution in [2.24, 2.45) is 5.73 Å². The average Bonchev–Trinajstić information content (AvgIpc) is 2.47. The van der Waals surface area contributed by atoms with Crippen molar-refractivity contribution in [2.45, 2.75) is 0 Å². The molecule has 0 saturated heterocycles. The Hall–Kier alpha value is -2.82. The standard InChI is InChI=1S/C15H15N3O2/c1-18(12-7-5-6-11(10-12)14(16)17)15(19)20-13-8-3-2-4-9-13/h2-10H,1H3,(H3,16,17). The molecule has 0 aromatic heterocycles. The third-order valence-electron chi connectivity index (χ3n) is 2.77. The van der Waals surface area contributed by atoms with E-state index >= 15 is 0 Å².